The van der Waals surface area contributed by atoms with Crippen LogP contribution in [-0.4, -0.2) is 14.9 Å². The minimum atomic E-state index is -2.36. The van der Waals surface area contributed by atoms with E-state index in [-0.39, 0.29) is 5.04 Å². The summed E-state index contributed by atoms with van der Waals surface area (Å²) in [4.78, 5) is 0. The molecule has 0 heterocycles. The van der Waals surface area contributed by atoms with Crippen molar-refractivity contribution >= 4 is 18.7 Å². The largest absolute Gasteiger partial charge is 0.407 e. The Morgan fingerprint density at radius 1 is 0.821 bits per heavy atom. The molecule has 0 bridgehead atoms. The van der Waals surface area contributed by atoms with Gasteiger partial charge in [0.15, 0.2) is 0 Å². The standard InChI is InChI=1S/C26H38OSi/c1-23(2)17-11-7-6-8-16-22-27-28(26(3,4)5,24-18-12-9-13-19-24)25-20-14-10-15-21-25/h6-7,9-10,12-15,18-21,23H,8,11,16-17,22H2,1-5H3/b7-6-. The third kappa shape index (κ3) is 5.92. The van der Waals surface area contributed by atoms with E-state index >= 15 is 0 Å². The molecule has 0 aliphatic heterocycles. The van der Waals surface area contributed by atoms with Crippen molar-refractivity contribution in [2.24, 2.45) is 5.92 Å². The molecule has 0 unspecified atom stereocenters. The monoisotopic (exact) mass is 394 g/mol. The first-order valence-electron chi connectivity index (χ1n) is 10.8. The fourth-order valence-corrected chi connectivity index (χ4v) is 8.46. The highest BCUT2D eigenvalue weighted by atomic mass is 28.4. The van der Waals surface area contributed by atoms with E-state index in [1.54, 1.807) is 0 Å². The number of rotatable bonds is 10. The molecule has 0 saturated heterocycles. The highest BCUT2D eigenvalue weighted by Crippen LogP contribution is 2.36. The molecule has 0 N–H and O–H groups in total. The fourth-order valence-electron chi connectivity index (χ4n) is 3.85. The van der Waals surface area contributed by atoms with E-state index in [2.05, 4.69) is 107 Å². The summed E-state index contributed by atoms with van der Waals surface area (Å²) >= 11 is 0. The summed E-state index contributed by atoms with van der Waals surface area (Å²) in [6.07, 6.45) is 9.29. The number of allylic oxidation sites excluding steroid dienone is 2. The molecular formula is C26H38OSi. The van der Waals surface area contributed by atoms with Gasteiger partial charge in [0.2, 0.25) is 0 Å². The summed E-state index contributed by atoms with van der Waals surface area (Å²) in [5.41, 5.74) is 0. The molecule has 2 aromatic rings. The summed E-state index contributed by atoms with van der Waals surface area (Å²) < 4.78 is 6.92. The molecule has 2 heteroatoms. The maximum atomic E-state index is 6.92. The van der Waals surface area contributed by atoms with Crippen molar-refractivity contribution in [3.05, 3.63) is 72.8 Å². The van der Waals surface area contributed by atoms with Gasteiger partial charge in [-0.3, -0.25) is 0 Å². The summed E-state index contributed by atoms with van der Waals surface area (Å²) in [5.74, 6) is 0.781. The molecule has 152 valence electrons. The molecule has 28 heavy (non-hydrogen) atoms. The molecule has 2 rings (SSSR count). The topological polar surface area (TPSA) is 9.23 Å². The molecule has 0 fully saturated rings. The molecule has 0 aromatic heterocycles. The lowest BCUT2D eigenvalue weighted by molar-refractivity contribution is 0.293. The summed E-state index contributed by atoms with van der Waals surface area (Å²) in [6.45, 7) is 12.4. The number of unbranched alkanes of at least 4 members (excludes halogenated alkanes) is 1. The zero-order valence-corrected chi connectivity index (χ0v) is 19.4. The van der Waals surface area contributed by atoms with Gasteiger partial charge in [-0.25, -0.2) is 0 Å². The van der Waals surface area contributed by atoms with Crippen molar-refractivity contribution < 1.29 is 4.43 Å². The van der Waals surface area contributed by atoms with Crippen LogP contribution in [0.4, 0.5) is 0 Å². The van der Waals surface area contributed by atoms with Crippen LogP contribution < -0.4 is 10.4 Å². The van der Waals surface area contributed by atoms with Gasteiger partial charge in [0.1, 0.15) is 0 Å². The van der Waals surface area contributed by atoms with E-state index in [1.165, 1.54) is 23.2 Å². The van der Waals surface area contributed by atoms with Crippen molar-refractivity contribution in [3.63, 3.8) is 0 Å². The van der Waals surface area contributed by atoms with E-state index < -0.39 is 8.32 Å². The maximum Gasteiger partial charge on any atom is 0.261 e. The van der Waals surface area contributed by atoms with Crippen molar-refractivity contribution in [2.75, 3.05) is 6.61 Å². The van der Waals surface area contributed by atoms with Crippen LogP contribution >= 0.6 is 0 Å². The molecule has 1 nitrogen and oxygen atoms in total. The first-order valence-corrected chi connectivity index (χ1v) is 12.7. The van der Waals surface area contributed by atoms with Crippen LogP contribution in [-0.2, 0) is 4.43 Å². The molecule has 0 amide bonds. The second-order valence-corrected chi connectivity index (χ2v) is 13.4. The quantitative estimate of drug-likeness (QED) is 0.260. The van der Waals surface area contributed by atoms with Crippen molar-refractivity contribution in [3.8, 4) is 0 Å². The lowest BCUT2D eigenvalue weighted by atomic mass is 10.1. The van der Waals surface area contributed by atoms with E-state index in [9.17, 15) is 0 Å². The molecule has 0 spiro atoms. The van der Waals surface area contributed by atoms with Crippen LogP contribution in [0.5, 0.6) is 0 Å². The zero-order chi connectivity index (χ0) is 20.5. The van der Waals surface area contributed by atoms with Crippen LogP contribution in [0.2, 0.25) is 5.04 Å². The Kier molecular flexibility index (Phi) is 8.72. The first kappa shape index (κ1) is 22.6. The number of hydrogen-bond acceptors (Lipinski definition) is 1. The molecule has 2 aromatic carbocycles. The predicted molar refractivity (Wildman–Crippen MR) is 126 cm³/mol. The van der Waals surface area contributed by atoms with Crippen LogP contribution in [0.15, 0.2) is 72.8 Å². The summed E-state index contributed by atoms with van der Waals surface area (Å²) in [5, 5.41) is 2.78. The maximum absolute atomic E-state index is 6.92. The fraction of sp³-hybridized carbons (Fsp3) is 0.462. The lowest BCUT2D eigenvalue weighted by Crippen LogP contribution is -2.66. The van der Waals surface area contributed by atoms with Crippen LogP contribution in [0, 0.1) is 5.92 Å². The third-order valence-electron chi connectivity index (χ3n) is 5.33. The smallest absolute Gasteiger partial charge is 0.261 e. The first-order chi connectivity index (χ1) is 13.4. The second kappa shape index (κ2) is 10.8. The van der Waals surface area contributed by atoms with E-state index in [0.717, 1.165) is 25.4 Å². The van der Waals surface area contributed by atoms with Gasteiger partial charge in [-0.15, -0.1) is 0 Å². The lowest BCUT2D eigenvalue weighted by Gasteiger charge is -2.43. The van der Waals surface area contributed by atoms with Gasteiger partial charge in [-0.1, -0.05) is 107 Å². The molecule has 0 atom stereocenters. The van der Waals surface area contributed by atoms with E-state index in [4.69, 9.17) is 4.43 Å². The Labute approximate surface area is 174 Å². The minimum Gasteiger partial charge on any atom is -0.407 e. The molecule has 0 aliphatic rings. The Balaban J connectivity index is 2.16. The average molecular weight is 395 g/mol. The Hall–Kier alpha value is -1.64. The van der Waals surface area contributed by atoms with E-state index in [1.807, 2.05) is 0 Å². The van der Waals surface area contributed by atoms with Crippen molar-refractivity contribution in [1.29, 1.82) is 0 Å². The average Bonchev–Trinajstić information content (AvgIpc) is 2.67. The van der Waals surface area contributed by atoms with Crippen LogP contribution in [0.1, 0.15) is 60.3 Å². The van der Waals surface area contributed by atoms with Crippen molar-refractivity contribution in [1.82, 2.24) is 0 Å². The van der Waals surface area contributed by atoms with Gasteiger partial charge in [-0.2, -0.15) is 0 Å². The molecule has 0 aliphatic carbocycles. The highest BCUT2D eigenvalue weighted by molar-refractivity contribution is 6.99. The van der Waals surface area contributed by atoms with Gasteiger partial charge < -0.3 is 4.43 Å². The van der Waals surface area contributed by atoms with Gasteiger partial charge in [0.25, 0.3) is 8.32 Å². The van der Waals surface area contributed by atoms with Gasteiger partial charge >= 0.3 is 0 Å². The number of benzene rings is 2. The Morgan fingerprint density at radius 2 is 1.32 bits per heavy atom. The molecular weight excluding hydrogens is 356 g/mol. The Bertz CT molecular complexity index is 659. The van der Waals surface area contributed by atoms with Crippen LogP contribution in [0.25, 0.3) is 0 Å². The van der Waals surface area contributed by atoms with Crippen molar-refractivity contribution in [2.45, 2.75) is 65.3 Å². The second-order valence-electron chi connectivity index (χ2n) is 9.10. The molecule has 0 radical (unpaired) electrons. The van der Waals surface area contributed by atoms with Crippen LogP contribution in [0.3, 0.4) is 0 Å². The predicted octanol–water partition coefficient (Wildman–Crippen LogP) is 6.34. The third-order valence-corrected chi connectivity index (χ3v) is 10.4. The summed E-state index contributed by atoms with van der Waals surface area (Å²) in [7, 11) is -2.36. The number of hydrogen-bond donors (Lipinski definition) is 0. The SMILES string of the molecule is CC(C)CC/C=C\CCCO[Si](c1ccccc1)(c1ccccc1)C(C)(C)C. The van der Waals surface area contributed by atoms with E-state index in [0.29, 0.717) is 0 Å². The Morgan fingerprint density at radius 3 is 1.79 bits per heavy atom. The molecule has 0 saturated carbocycles. The van der Waals surface area contributed by atoms with Gasteiger partial charge in [0.05, 0.1) is 0 Å². The normalized spacial score (nSPS) is 12.8. The van der Waals surface area contributed by atoms with Gasteiger partial charge in [-0.05, 0) is 47.0 Å². The highest BCUT2D eigenvalue weighted by Gasteiger charge is 2.49. The van der Waals surface area contributed by atoms with Gasteiger partial charge in [0, 0.05) is 6.61 Å². The minimum absolute atomic E-state index is 0.0583. The zero-order valence-electron chi connectivity index (χ0n) is 18.4. The summed E-state index contributed by atoms with van der Waals surface area (Å²) in [6, 6.07) is 21.8.